The minimum Gasteiger partial charge on any atom is -0.508 e. The van der Waals surface area contributed by atoms with Gasteiger partial charge in [-0.1, -0.05) is 18.2 Å². The molecule has 2 aromatic rings. The highest BCUT2D eigenvalue weighted by Gasteiger charge is 2.21. The molecule has 23 heavy (non-hydrogen) atoms. The maximum Gasteiger partial charge on any atom is 0.270 e. The minimum atomic E-state index is -0.570. The second kappa shape index (κ2) is 6.78. The Morgan fingerprint density at radius 3 is 2.61 bits per heavy atom. The summed E-state index contributed by atoms with van der Waals surface area (Å²) in [6.45, 7) is 0.164. The lowest BCUT2D eigenvalue weighted by Crippen LogP contribution is -2.26. The van der Waals surface area contributed by atoms with E-state index in [1.165, 1.54) is 36.3 Å². The maximum atomic E-state index is 12.6. The molecule has 0 atom stereocenters. The number of hydrogen-bond acceptors (Lipinski definition) is 5. The van der Waals surface area contributed by atoms with Crippen LogP contribution in [0.15, 0.2) is 42.5 Å². The molecule has 0 radical (unpaired) electrons. The lowest BCUT2D eigenvalue weighted by Gasteiger charge is -2.19. The van der Waals surface area contributed by atoms with E-state index in [4.69, 9.17) is 4.74 Å². The van der Waals surface area contributed by atoms with Crippen LogP contribution < -0.4 is 4.74 Å². The van der Waals surface area contributed by atoms with Crippen LogP contribution in [-0.4, -0.2) is 35.0 Å². The molecule has 0 aliphatic rings. The van der Waals surface area contributed by atoms with E-state index in [1.807, 2.05) is 0 Å². The summed E-state index contributed by atoms with van der Waals surface area (Å²) in [6.07, 6.45) is 0. The predicted octanol–water partition coefficient (Wildman–Crippen LogP) is 2.58. The molecule has 0 spiro atoms. The van der Waals surface area contributed by atoms with Crippen molar-refractivity contribution in [3.05, 3.63) is 63.7 Å². The third kappa shape index (κ3) is 3.57. The van der Waals surface area contributed by atoms with E-state index >= 15 is 0 Å². The van der Waals surface area contributed by atoms with Crippen LogP contribution in [0.3, 0.4) is 0 Å². The number of para-hydroxylation sites is 1. The SMILES string of the molecule is COc1ccc([N+](=O)[O-])cc1C(=O)N(C)Cc1ccccc1O. The summed E-state index contributed by atoms with van der Waals surface area (Å²) in [6, 6.07) is 10.5. The van der Waals surface area contributed by atoms with Crippen molar-refractivity contribution in [1.82, 2.24) is 4.90 Å². The Morgan fingerprint density at radius 1 is 1.30 bits per heavy atom. The van der Waals surface area contributed by atoms with Crippen LogP contribution in [0.5, 0.6) is 11.5 Å². The molecule has 7 heteroatoms. The lowest BCUT2D eigenvalue weighted by atomic mass is 10.1. The molecule has 7 nitrogen and oxygen atoms in total. The fourth-order valence-corrected chi connectivity index (χ4v) is 2.15. The van der Waals surface area contributed by atoms with Gasteiger partial charge in [0.15, 0.2) is 0 Å². The van der Waals surface area contributed by atoms with Crippen LogP contribution in [0.4, 0.5) is 5.69 Å². The smallest absolute Gasteiger partial charge is 0.270 e. The van der Waals surface area contributed by atoms with E-state index in [9.17, 15) is 20.0 Å². The number of carbonyl (C=O) groups excluding carboxylic acids is 1. The number of aromatic hydroxyl groups is 1. The zero-order chi connectivity index (χ0) is 17.0. The highest BCUT2D eigenvalue weighted by atomic mass is 16.6. The van der Waals surface area contributed by atoms with Crippen molar-refractivity contribution in [1.29, 1.82) is 0 Å². The summed E-state index contributed by atoms with van der Waals surface area (Å²) in [4.78, 5) is 24.2. The topological polar surface area (TPSA) is 92.9 Å². The Kier molecular flexibility index (Phi) is 4.80. The van der Waals surface area contributed by atoms with Crippen LogP contribution in [0, 0.1) is 10.1 Å². The minimum absolute atomic E-state index is 0.0816. The monoisotopic (exact) mass is 316 g/mol. The van der Waals surface area contributed by atoms with Crippen LogP contribution in [0.1, 0.15) is 15.9 Å². The van der Waals surface area contributed by atoms with Gasteiger partial charge < -0.3 is 14.7 Å². The molecule has 2 rings (SSSR count). The number of benzene rings is 2. The van der Waals surface area contributed by atoms with E-state index < -0.39 is 10.8 Å². The standard InChI is InChI=1S/C16H16N2O5/c1-17(10-11-5-3-4-6-14(11)19)16(20)13-9-12(18(21)22)7-8-15(13)23-2/h3-9,19H,10H2,1-2H3. The number of nitro groups is 1. The van der Waals surface area contributed by atoms with E-state index in [1.54, 1.807) is 25.2 Å². The molecule has 0 fully saturated rings. The third-order valence-electron chi connectivity index (χ3n) is 3.37. The average molecular weight is 316 g/mol. The predicted molar refractivity (Wildman–Crippen MR) is 83.6 cm³/mol. The summed E-state index contributed by atoms with van der Waals surface area (Å²) < 4.78 is 5.11. The Labute approximate surface area is 132 Å². The number of rotatable bonds is 5. The first kappa shape index (κ1) is 16.3. The van der Waals surface area contributed by atoms with Gasteiger partial charge in [0, 0.05) is 31.3 Å². The summed E-state index contributed by atoms with van der Waals surface area (Å²) in [5, 5.41) is 20.7. The molecule has 0 aliphatic heterocycles. The zero-order valence-corrected chi connectivity index (χ0v) is 12.7. The molecule has 0 saturated carbocycles. The molecule has 0 aliphatic carbocycles. The number of ether oxygens (including phenoxy) is 1. The van der Waals surface area contributed by atoms with Gasteiger partial charge in [0.2, 0.25) is 0 Å². The number of methoxy groups -OCH3 is 1. The third-order valence-corrected chi connectivity index (χ3v) is 3.37. The molecule has 2 aromatic carbocycles. The van der Waals surface area contributed by atoms with Crippen molar-refractivity contribution < 1.29 is 19.6 Å². The van der Waals surface area contributed by atoms with Crippen molar-refractivity contribution in [3.63, 3.8) is 0 Å². The Bertz CT molecular complexity index is 745. The van der Waals surface area contributed by atoms with Gasteiger partial charge in [-0.25, -0.2) is 0 Å². The van der Waals surface area contributed by atoms with E-state index in [-0.39, 0.29) is 29.3 Å². The molecular weight excluding hydrogens is 300 g/mol. The van der Waals surface area contributed by atoms with Crippen molar-refractivity contribution in [3.8, 4) is 11.5 Å². The van der Waals surface area contributed by atoms with Gasteiger partial charge in [-0.15, -0.1) is 0 Å². The van der Waals surface area contributed by atoms with Gasteiger partial charge in [0.25, 0.3) is 11.6 Å². The van der Waals surface area contributed by atoms with Gasteiger partial charge in [0.05, 0.1) is 17.6 Å². The van der Waals surface area contributed by atoms with Crippen molar-refractivity contribution in [2.45, 2.75) is 6.54 Å². The fourth-order valence-electron chi connectivity index (χ4n) is 2.15. The zero-order valence-electron chi connectivity index (χ0n) is 12.7. The highest BCUT2D eigenvalue weighted by molar-refractivity contribution is 5.97. The summed E-state index contributed by atoms with van der Waals surface area (Å²) in [7, 11) is 2.94. The first-order valence-corrected chi connectivity index (χ1v) is 6.78. The largest absolute Gasteiger partial charge is 0.508 e. The van der Waals surface area contributed by atoms with E-state index in [0.717, 1.165) is 0 Å². The Balaban J connectivity index is 2.30. The molecule has 1 amide bonds. The summed E-state index contributed by atoms with van der Waals surface area (Å²) in [5.41, 5.74) is 0.484. The van der Waals surface area contributed by atoms with Crippen molar-refractivity contribution in [2.75, 3.05) is 14.2 Å². The number of phenolic OH excluding ortho intramolecular Hbond substituents is 1. The number of carbonyl (C=O) groups is 1. The summed E-state index contributed by atoms with van der Waals surface area (Å²) >= 11 is 0. The van der Waals surface area contributed by atoms with Gasteiger partial charge in [0.1, 0.15) is 11.5 Å². The summed E-state index contributed by atoms with van der Waals surface area (Å²) in [5.74, 6) is -0.100. The fraction of sp³-hybridized carbons (Fsp3) is 0.188. The van der Waals surface area contributed by atoms with Crippen LogP contribution in [0.2, 0.25) is 0 Å². The van der Waals surface area contributed by atoms with Gasteiger partial charge in [-0.05, 0) is 12.1 Å². The van der Waals surface area contributed by atoms with Crippen LogP contribution in [-0.2, 0) is 6.54 Å². The first-order chi connectivity index (χ1) is 10.9. The quantitative estimate of drug-likeness (QED) is 0.676. The Hall–Kier alpha value is -3.09. The second-order valence-electron chi connectivity index (χ2n) is 4.93. The number of non-ortho nitro benzene ring substituents is 1. The highest BCUT2D eigenvalue weighted by Crippen LogP contribution is 2.26. The van der Waals surface area contributed by atoms with Crippen LogP contribution >= 0.6 is 0 Å². The first-order valence-electron chi connectivity index (χ1n) is 6.78. The number of hydrogen-bond donors (Lipinski definition) is 1. The lowest BCUT2D eigenvalue weighted by molar-refractivity contribution is -0.384. The molecule has 120 valence electrons. The van der Waals surface area contributed by atoms with Crippen LogP contribution in [0.25, 0.3) is 0 Å². The maximum absolute atomic E-state index is 12.6. The number of phenols is 1. The van der Waals surface area contributed by atoms with Crippen molar-refractivity contribution >= 4 is 11.6 Å². The molecule has 0 heterocycles. The number of nitrogens with zero attached hydrogens (tertiary/aromatic N) is 2. The Morgan fingerprint density at radius 2 is 2.00 bits per heavy atom. The average Bonchev–Trinajstić information content (AvgIpc) is 2.55. The molecule has 0 aromatic heterocycles. The molecular formula is C16H16N2O5. The van der Waals surface area contributed by atoms with E-state index in [0.29, 0.717) is 5.56 Å². The normalized spacial score (nSPS) is 10.2. The van der Waals surface area contributed by atoms with Crippen molar-refractivity contribution in [2.24, 2.45) is 0 Å². The van der Waals surface area contributed by atoms with Gasteiger partial charge >= 0.3 is 0 Å². The van der Waals surface area contributed by atoms with Gasteiger partial charge in [-0.2, -0.15) is 0 Å². The van der Waals surface area contributed by atoms with Gasteiger partial charge in [-0.3, -0.25) is 14.9 Å². The number of amides is 1. The molecule has 1 N–H and O–H groups in total. The van der Waals surface area contributed by atoms with E-state index in [2.05, 4.69) is 0 Å². The molecule has 0 saturated heterocycles. The number of nitro benzene ring substituents is 1. The second-order valence-corrected chi connectivity index (χ2v) is 4.93. The molecule has 0 unspecified atom stereocenters. The molecule has 0 bridgehead atoms.